The molecule has 0 aliphatic heterocycles. The van der Waals surface area contributed by atoms with Gasteiger partial charge in [-0.25, -0.2) is 0 Å². The molecule has 1 aliphatic rings. The molecule has 13 rings (SSSR count). The predicted molar refractivity (Wildman–Crippen MR) is 270 cm³/mol. The number of benzene rings is 11. The number of hydrogen-bond donors (Lipinski definition) is 0. The Kier molecular flexibility index (Phi) is 8.35. The Labute approximate surface area is 372 Å². The topological polar surface area (TPSA) is 4.93 Å². The number of nitrogens with zero attached hydrogens (tertiary/aromatic N) is 1. The van der Waals surface area contributed by atoms with Gasteiger partial charge >= 0.3 is 0 Å². The lowest BCUT2D eigenvalue weighted by molar-refractivity contribution is 1.02. The van der Waals surface area contributed by atoms with Crippen molar-refractivity contribution < 1.29 is 0 Å². The molecule has 0 spiro atoms. The lowest BCUT2D eigenvalue weighted by Gasteiger charge is -2.19. The zero-order valence-corrected chi connectivity index (χ0v) is 35.1. The van der Waals surface area contributed by atoms with Gasteiger partial charge in [0.15, 0.2) is 0 Å². The summed E-state index contributed by atoms with van der Waals surface area (Å²) in [7, 11) is 0. The molecule has 11 aromatic carbocycles. The second kappa shape index (κ2) is 14.7. The molecule has 12 aromatic rings. The highest BCUT2D eigenvalue weighted by molar-refractivity contribution is 6.21. The Morgan fingerprint density at radius 1 is 0.266 bits per heavy atom. The molecule has 0 bridgehead atoms. The highest BCUT2D eigenvalue weighted by atomic mass is 15.0. The van der Waals surface area contributed by atoms with Gasteiger partial charge in [0.25, 0.3) is 0 Å². The SMILES string of the molecule is c1ccc(-c2c3ccccc3c(-c3ccc(C4c5ccccc5-c5cc(-c6ccc(-c7ccc8c9ccccc9n(-c9ccccc9)c8c7)cc6)ccc54)cc3)c3ccccc23)cc1. The number of aromatic nitrogens is 1. The van der Waals surface area contributed by atoms with E-state index in [1.807, 2.05) is 0 Å². The van der Waals surface area contributed by atoms with E-state index >= 15 is 0 Å². The molecule has 1 aromatic heterocycles. The summed E-state index contributed by atoms with van der Waals surface area (Å²) in [5.41, 5.74) is 20.2. The molecule has 0 fully saturated rings. The van der Waals surface area contributed by atoms with Crippen LogP contribution in [0, 0.1) is 0 Å². The molecule has 1 atom stereocenters. The van der Waals surface area contributed by atoms with Crippen molar-refractivity contribution in [2.24, 2.45) is 0 Å². The highest BCUT2D eigenvalue weighted by Gasteiger charge is 2.30. The van der Waals surface area contributed by atoms with Crippen molar-refractivity contribution in [3.63, 3.8) is 0 Å². The zero-order chi connectivity index (χ0) is 42.1. The first-order chi connectivity index (χ1) is 31.8. The van der Waals surface area contributed by atoms with E-state index < -0.39 is 0 Å². The average Bonchev–Trinajstić information content (AvgIpc) is 3.88. The van der Waals surface area contributed by atoms with Crippen LogP contribution >= 0.6 is 0 Å². The molecule has 0 saturated carbocycles. The summed E-state index contributed by atoms with van der Waals surface area (Å²) in [6.45, 7) is 0. The maximum atomic E-state index is 2.41. The van der Waals surface area contributed by atoms with E-state index in [0.29, 0.717) is 0 Å². The van der Waals surface area contributed by atoms with Crippen LogP contribution in [0.2, 0.25) is 0 Å². The summed E-state index contributed by atoms with van der Waals surface area (Å²) < 4.78 is 2.39. The van der Waals surface area contributed by atoms with E-state index in [4.69, 9.17) is 0 Å². The van der Waals surface area contributed by atoms with Crippen molar-refractivity contribution in [1.29, 1.82) is 0 Å². The molecule has 1 heterocycles. The summed E-state index contributed by atoms with van der Waals surface area (Å²) in [4.78, 5) is 0. The smallest absolute Gasteiger partial charge is 0.0547 e. The predicted octanol–water partition coefficient (Wildman–Crippen LogP) is 16.9. The quantitative estimate of drug-likeness (QED) is 0.147. The van der Waals surface area contributed by atoms with Gasteiger partial charge in [0.05, 0.1) is 11.0 Å². The molecule has 0 saturated heterocycles. The van der Waals surface area contributed by atoms with Crippen LogP contribution in [0.15, 0.2) is 243 Å². The second-order valence-corrected chi connectivity index (χ2v) is 17.1. The normalized spacial score (nSPS) is 13.2. The summed E-state index contributed by atoms with van der Waals surface area (Å²) in [6, 6.07) is 89.6. The number of hydrogen-bond acceptors (Lipinski definition) is 0. The molecule has 0 radical (unpaired) electrons. The molecule has 1 heteroatoms. The van der Waals surface area contributed by atoms with Crippen LogP contribution in [-0.2, 0) is 0 Å². The Morgan fingerprint density at radius 2 is 0.719 bits per heavy atom. The summed E-state index contributed by atoms with van der Waals surface area (Å²) in [5, 5.41) is 7.65. The Morgan fingerprint density at radius 3 is 1.38 bits per heavy atom. The van der Waals surface area contributed by atoms with Gasteiger partial charge in [-0.1, -0.05) is 212 Å². The lowest BCUT2D eigenvalue weighted by atomic mass is 9.84. The third-order valence-electron chi connectivity index (χ3n) is 13.7. The lowest BCUT2D eigenvalue weighted by Crippen LogP contribution is -1.99. The third-order valence-corrected chi connectivity index (χ3v) is 13.7. The molecule has 1 unspecified atom stereocenters. The van der Waals surface area contributed by atoms with Crippen molar-refractivity contribution in [1.82, 2.24) is 4.57 Å². The van der Waals surface area contributed by atoms with E-state index in [0.717, 1.165) is 0 Å². The van der Waals surface area contributed by atoms with E-state index in [9.17, 15) is 0 Å². The van der Waals surface area contributed by atoms with Gasteiger partial charge in [-0.15, -0.1) is 0 Å². The second-order valence-electron chi connectivity index (χ2n) is 17.1. The van der Waals surface area contributed by atoms with Crippen molar-refractivity contribution in [2.75, 3.05) is 0 Å². The van der Waals surface area contributed by atoms with Gasteiger partial charge < -0.3 is 4.57 Å². The van der Waals surface area contributed by atoms with Gasteiger partial charge in [-0.3, -0.25) is 0 Å². The van der Waals surface area contributed by atoms with Gasteiger partial charge in [-0.2, -0.15) is 0 Å². The van der Waals surface area contributed by atoms with Crippen LogP contribution in [0.4, 0.5) is 0 Å². The third kappa shape index (κ3) is 5.71. The van der Waals surface area contributed by atoms with Crippen LogP contribution in [0.3, 0.4) is 0 Å². The van der Waals surface area contributed by atoms with Crippen LogP contribution in [0.1, 0.15) is 22.6 Å². The van der Waals surface area contributed by atoms with E-state index in [-0.39, 0.29) is 5.92 Å². The van der Waals surface area contributed by atoms with Crippen molar-refractivity contribution in [3.05, 3.63) is 259 Å². The summed E-state index contributed by atoms with van der Waals surface area (Å²) in [6.07, 6.45) is 0. The van der Waals surface area contributed by atoms with Crippen molar-refractivity contribution in [3.8, 4) is 61.3 Å². The van der Waals surface area contributed by atoms with Gasteiger partial charge in [0.1, 0.15) is 0 Å². The van der Waals surface area contributed by atoms with Crippen molar-refractivity contribution in [2.45, 2.75) is 5.92 Å². The van der Waals surface area contributed by atoms with Crippen LogP contribution in [-0.4, -0.2) is 4.57 Å². The van der Waals surface area contributed by atoms with E-state index in [2.05, 4.69) is 247 Å². The molecule has 1 aliphatic carbocycles. The minimum Gasteiger partial charge on any atom is -0.309 e. The summed E-state index contributed by atoms with van der Waals surface area (Å²) in [5.74, 6) is 0.159. The maximum absolute atomic E-state index is 2.41. The minimum absolute atomic E-state index is 0.159. The van der Waals surface area contributed by atoms with Gasteiger partial charge in [0.2, 0.25) is 0 Å². The Balaban J connectivity index is 0.852. The van der Waals surface area contributed by atoms with E-state index in [1.54, 1.807) is 0 Å². The number of rotatable bonds is 6. The molecular weight excluding hydrogens is 771 g/mol. The molecule has 0 amide bonds. The Bertz CT molecular complexity index is 3690. The minimum atomic E-state index is 0.159. The van der Waals surface area contributed by atoms with Gasteiger partial charge in [-0.05, 0) is 124 Å². The van der Waals surface area contributed by atoms with Crippen molar-refractivity contribution >= 4 is 43.4 Å². The Hall–Kier alpha value is -8.26. The first-order valence-corrected chi connectivity index (χ1v) is 22.3. The largest absolute Gasteiger partial charge is 0.309 e. The fourth-order valence-electron chi connectivity index (χ4n) is 10.8. The first-order valence-electron chi connectivity index (χ1n) is 22.3. The monoisotopic (exact) mass is 811 g/mol. The van der Waals surface area contributed by atoms with Crippen LogP contribution < -0.4 is 0 Å². The van der Waals surface area contributed by atoms with Gasteiger partial charge in [0, 0.05) is 22.4 Å². The fraction of sp³-hybridized carbons (Fsp3) is 0.0159. The number of para-hydroxylation sites is 2. The fourth-order valence-corrected chi connectivity index (χ4v) is 10.8. The average molecular weight is 812 g/mol. The standard InChI is InChI=1S/C63H41N/c1-3-15-43(16-4-1)61-53-22-9-11-24-55(53)63(56-25-12-10-23-54(56)61)45-33-31-44(32-34-45)62-52-21-8-7-19-49(52)58-39-46(36-38-57(58)62)41-27-29-42(30-28-41)47-35-37-51-50-20-13-14-26-59(50)64(60(51)40-47)48-17-5-2-6-18-48/h1-40,62H. The molecular formula is C63H41N. The van der Waals surface area contributed by atoms with E-state index in [1.165, 1.54) is 121 Å². The molecule has 0 N–H and O–H groups in total. The molecule has 64 heavy (non-hydrogen) atoms. The maximum Gasteiger partial charge on any atom is 0.0547 e. The van der Waals surface area contributed by atoms with Crippen LogP contribution in [0.5, 0.6) is 0 Å². The molecule has 1 nitrogen and oxygen atoms in total. The zero-order valence-electron chi connectivity index (χ0n) is 35.1. The first kappa shape index (κ1) is 36.4. The highest BCUT2D eigenvalue weighted by Crippen LogP contribution is 2.50. The van der Waals surface area contributed by atoms with Crippen LogP contribution in [0.25, 0.3) is 105 Å². The number of fused-ring (bicyclic) bond motifs is 8. The summed E-state index contributed by atoms with van der Waals surface area (Å²) >= 11 is 0. The molecule has 298 valence electrons.